The van der Waals surface area contributed by atoms with E-state index in [0.29, 0.717) is 0 Å². The number of hydrogen-bond acceptors (Lipinski definition) is 6. The summed E-state index contributed by atoms with van der Waals surface area (Å²) in [5, 5.41) is 16.4. The Labute approximate surface area is 124 Å². The van der Waals surface area contributed by atoms with E-state index in [2.05, 4.69) is 15.3 Å². The van der Waals surface area contributed by atoms with Crippen molar-refractivity contribution in [2.75, 3.05) is 5.32 Å². The summed E-state index contributed by atoms with van der Waals surface area (Å²) in [7, 11) is 0. The van der Waals surface area contributed by atoms with Gasteiger partial charge in [0.25, 0.3) is 0 Å². The number of thiazole rings is 2. The van der Waals surface area contributed by atoms with Crippen molar-refractivity contribution >= 4 is 33.5 Å². The second-order valence-corrected chi connectivity index (χ2v) is 6.42. The lowest BCUT2D eigenvalue weighted by atomic mass is 10.3. The number of benzene rings is 1. The Morgan fingerprint density at radius 1 is 1.10 bits per heavy atom. The van der Waals surface area contributed by atoms with Crippen LogP contribution in [-0.4, -0.2) is 15.1 Å². The first-order valence-corrected chi connectivity index (χ1v) is 7.77. The SMILES string of the molecule is Cc1nc(C)c(-c2csc(Nc3ccc(O)cc3)n2)s1. The molecular weight excluding hydrogens is 290 g/mol. The van der Waals surface area contributed by atoms with Crippen LogP contribution in [0.15, 0.2) is 29.6 Å². The number of hydrogen-bond donors (Lipinski definition) is 2. The molecular formula is C14H13N3OS2. The Balaban J connectivity index is 1.83. The van der Waals surface area contributed by atoms with Crippen LogP contribution >= 0.6 is 22.7 Å². The smallest absolute Gasteiger partial charge is 0.187 e. The standard InChI is InChI=1S/C14H13N3OS2/c1-8-13(20-9(2)15-8)12-7-19-14(17-12)16-10-3-5-11(18)6-4-10/h3-7,18H,1-2H3,(H,16,17). The molecule has 3 rings (SSSR count). The number of rotatable bonds is 3. The number of aromatic hydroxyl groups is 1. The molecule has 2 heterocycles. The van der Waals surface area contributed by atoms with Gasteiger partial charge in [-0.3, -0.25) is 0 Å². The Morgan fingerprint density at radius 3 is 2.50 bits per heavy atom. The van der Waals surface area contributed by atoms with Crippen molar-refractivity contribution in [1.82, 2.24) is 9.97 Å². The van der Waals surface area contributed by atoms with E-state index in [1.54, 1.807) is 34.8 Å². The van der Waals surface area contributed by atoms with Crippen LogP contribution < -0.4 is 5.32 Å². The van der Waals surface area contributed by atoms with Gasteiger partial charge >= 0.3 is 0 Å². The number of nitrogens with one attached hydrogen (secondary N) is 1. The molecule has 2 N–H and O–H groups in total. The molecule has 0 spiro atoms. The first-order valence-electron chi connectivity index (χ1n) is 6.08. The Morgan fingerprint density at radius 2 is 1.85 bits per heavy atom. The molecule has 102 valence electrons. The van der Waals surface area contributed by atoms with Gasteiger partial charge in [-0.25, -0.2) is 9.97 Å². The summed E-state index contributed by atoms with van der Waals surface area (Å²) < 4.78 is 0. The summed E-state index contributed by atoms with van der Waals surface area (Å²) in [5.74, 6) is 0.256. The van der Waals surface area contributed by atoms with Crippen LogP contribution in [0.2, 0.25) is 0 Å². The first kappa shape index (κ1) is 13.1. The Bertz CT molecular complexity index is 731. The molecule has 0 aliphatic carbocycles. The molecule has 0 unspecified atom stereocenters. The first-order chi connectivity index (χ1) is 9.61. The average Bonchev–Trinajstić information content (AvgIpc) is 2.99. The molecule has 0 saturated carbocycles. The van der Waals surface area contributed by atoms with E-state index in [4.69, 9.17) is 0 Å². The lowest BCUT2D eigenvalue weighted by Gasteiger charge is -2.01. The van der Waals surface area contributed by atoms with E-state index in [1.165, 1.54) is 0 Å². The minimum absolute atomic E-state index is 0.256. The van der Waals surface area contributed by atoms with E-state index in [-0.39, 0.29) is 5.75 Å². The van der Waals surface area contributed by atoms with Crippen molar-refractivity contribution in [2.45, 2.75) is 13.8 Å². The fraction of sp³-hybridized carbons (Fsp3) is 0.143. The summed E-state index contributed by atoms with van der Waals surface area (Å²) >= 11 is 3.22. The highest BCUT2D eigenvalue weighted by atomic mass is 32.1. The molecule has 1 aromatic carbocycles. The molecule has 0 amide bonds. The summed E-state index contributed by atoms with van der Waals surface area (Å²) in [5.41, 5.74) is 2.88. The summed E-state index contributed by atoms with van der Waals surface area (Å²) in [6, 6.07) is 6.93. The zero-order chi connectivity index (χ0) is 14.1. The van der Waals surface area contributed by atoms with Crippen LogP contribution in [0.25, 0.3) is 10.6 Å². The van der Waals surface area contributed by atoms with Crippen molar-refractivity contribution in [3.05, 3.63) is 40.3 Å². The third kappa shape index (κ3) is 2.66. The number of phenols is 1. The summed E-state index contributed by atoms with van der Waals surface area (Å²) in [4.78, 5) is 10.1. The van der Waals surface area contributed by atoms with E-state index >= 15 is 0 Å². The van der Waals surface area contributed by atoms with Crippen molar-refractivity contribution in [1.29, 1.82) is 0 Å². The average molecular weight is 303 g/mol. The van der Waals surface area contributed by atoms with Crippen LogP contribution in [0.5, 0.6) is 5.75 Å². The maximum absolute atomic E-state index is 9.26. The van der Waals surface area contributed by atoms with Crippen LogP contribution in [-0.2, 0) is 0 Å². The predicted molar refractivity (Wildman–Crippen MR) is 84.1 cm³/mol. The van der Waals surface area contributed by atoms with Crippen LogP contribution in [0.1, 0.15) is 10.7 Å². The normalized spacial score (nSPS) is 10.7. The fourth-order valence-corrected chi connectivity index (χ4v) is 3.55. The van der Waals surface area contributed by atoms with Gasteiger partial charge in [-0.1, -0.05) is 0 Å². The number of aromatic nitrogens is 2. The molecule has 0 atom stereocenters. The van der Waals surface area contributed by atoms with Gasteiger partial charge in [-0.2, -0.15) is 0 Å². The minimum Gasteiger partial charge on any atom is -0.508 e. The number of phenolic OH excluding ortho intramolecular Hbond substituents is 1. The van der Waals surface area contributed by atoms with Gasteiger partial charge in [0.2, 0.25) is 0 Å². The zero-order valence-electron chi connectivity index (χ0n) is 11.0. The maximum atomic E-state index is 9.26. The van der Waals surface area contributed by atoms with E-state index in [9.17, 15) is 5.11 Å². The molecule has 0 aliphatic heterocycles. The van der Waals surface area contributed by atoms with E-state index < -0.39 is 0 Å². The molecule has 4 nitrogen and oxygen atoms in total. The zero-order valence-corrected chi connectivity index (χ0v) is 12.7. The van der Waals surface area contributed by atoms with Crippen LogP contribution in [0.3, 0.4) is 0 Å². The predicted octanol–water partition coefficient (Wildman–Crippen LogP) is 4.33. The quantitative estimate of drug-likeness (QED) is 0.707. The summed E-state index contributed by atoms with van der Waals surface area (Å²) in [6.45, 7) is 4.01. The number of anilines is 2. The van der Waals surface area contributed by atoms with Gasteiger partial charge in [0, 0.05) is 11.1 Å². The topological polar surface area (TPSA) is 58.0 Å². The van der Waals surface area contributed by atoms with E-state index in [1.807, 2.05) is 31.4 Å². The number of nitrogens with zero attached hydrogens (tertiary/aromatic N) is 2. The monoisotopic (exact) mass is 303 g/mol. The van der Waals surface area contributed by atoms with Gasteiger partial charge in [0.05, 0.1) is 21.3 Å². The minimum atomic E-state index is 0.256. The molecule has 0 radical (unpaired) electrons. The van der Waals surface area contributed by atoms with Gasteiger partial charge in [0.15, 0.2) is 5.13 Å². The van der Waals surface area contributed by atoms with Gasteiger partial charge < -0.3 is 10.4 Å². The van der Waals surface area contributed by atoms with E-state index in [0.717, 1.165) is 32.1 Å². The second kappa shape index (κ2) is 5.22. The molecule has 0 aliphatic rings. The molecule has 0 saturated heterocycles. The second-order valence-electron chi connectivity index (χ2n) is 4.36. The third-order valence-electron chi connectivity index (χ3n) is 2.76. The van der Waals surface area contributed by atoms with Crippen molar-refractivity contribution in [2.24, 2.45) is 0 Å². The molecule has 6 heteroatoms. The fourth-order valence-electron chi connectivity index (χ4n) is 1.87. The molecule has 0 fully saturated rings. The van der Waals surface area contributed by atoms with Crippen LogP contribution in [0, 0.1) is 13.8 Å². The van der Waals surface area contributed by atoms with Gasteiger partial charge in [-0.15, -0.1) is 22.7 Å². The highest BCUT2D eigenvalue weighted by molar-refractivity contribution is 7.16. The summed E-state index contributed by atoms with van der Waals surface area (Å²) in [6.07, 6.45) is 0. The molecule has 2 aromatic heterocycles. The Kier molecular flexibility index (Phi) is 3.42. The van der Waals surface area contributed by atoms with Crippen molar-refractivity contribution < 1.29 is 5.11 Å². The Hall–Kier alpha value is -1.92. The highest BCUT2D eigenvalue weighted by Gasteiger charge is 2.11. The largest absolute Gasteiger partial charge is 0.508 e. The maximum Gasteiger partial charge on any atom is 0.187 e. The molecule has 20 heavy (non-hydrogen) atoms. The lowest BCUT2D eigenvalue weighted by molar-refractivity contribution is 0.475. The molecule has 3 aromatic rings. The van der Waals surface area contributed by atoms with Crippen molar-refractivity contribution in [3.63, 3.8) is 0 Å². The van der Waals surface area contributed by atoms with Crippen LogP contribution in [0.4, 0.5) is 10.8 Å². The van der Waals surface area contributed by atoms with Gasteiger partial charge in [-0.05, 0) is 38.1 Å². The third-order valence-corrected chi connectivity index (χ3v) is 4.61. The number of aryl methyl sites for hydroxylation is 2. The lowest BCUT2D eigenvalue weighted by Crippen LogP contribution is -1.88. The van der Waals surface area contributed by atoms with Crippen molar-refractivity contribution in [3.8, 4) is 16.3 Å². The molecule has 0 bridgehead atoms. The highest BCUT2D eigenvalue weighted by Crippen LogP contribution is 2.33. The van der Waals surface area contributed by atoms with Gasteiger partial charge in [0.1, 0.15) is 5.75 Å².